The van der Waals surface area contributed by atoms with Gasteiger partial charge in [0.05, 0.1) is 0 Å². The van der Waals surface area contributed by atoms with E-state index in [-0.39, 0.29) is 19.1 Å². The van der Waals surface area contributed by atoms with Gasteiger partial charge in [0.1, 0.15) is 19.3 Å². The van der Waals surface area contributed by atoms with Gasteiger partial charge in [0, 0.05) is 32.9 Å². The van der Waals surface area contributed by atoms with E-state index in [0.717, 1.165) is 22.3 Å². The van der Waals surface area contributed by atoms with E-state index in [9.17, 15) is 19.2 Å². The van der Waals surface area contributed by atoms with Crippen LogP contribution in [-0.2, 0) is 33.3 Å². The van der Waals surface area contributed by atoms with Gasteiger partial charge in [-0.15, -0.1) is 0 Å². The summed E-state index contributed by atoms with van der Waals surface area (Å²) in [7, 11) is 0. The van der Waals surface area contributed by atoms with Crippen molar-refractivity contribution in [3.63, 3.8) is 0 Å². The first-order valence-electron chi connectivity index (χ1n) is 11.6. The van der Waals surface area contributed by atoms with Crippen molar-refractivity contribution in [3.05, 3.63) is 71.9 Å². The van der Waals surface area contributed by atoms with Crippen LogP contribution in [0.5, 0.6) is 0 Å². The lowest BCUT2D eigenvalue weighted by Gasteiger charge is -2.39. The van der Waals surface area contributed by atoms with Crippen LogP contribution in [0.15, 0.2) is 60.8 Å². The highest BCUT2D eigenvalue weighted by Crippen LogP contribution is 2.44. The van der Waals surface area contributed by atoms with Crippen molar-refractivity contribution in [2.24, 2.45) is 0 Å². The zero-order chi connectivity index (χ0) is 25.8. The molecular weight excluding hydrogens is 466 g/mol. The first-order chi connectivity index (χ1) is 17.3. The van der Waals surface area contributed by atoms with E-state index in [1.165, 1.54) is 37.9 Å². The fourth-order valence-electron chi connectivity index (χ4n) is 4.65. The van der Waals surface area contributed by atoms with E-state index in [1.54, 1.807) is 0 Å². The molecule has 1 heterocycles. The Morgan fingerprint density at radius 3 is 1.89 bits per heavy atom. The Kier molecular flexibility index (Phi) is 7.38. The monoisotopic (exact) mass is 493 g/mol. The zero-order valence-corrected chi connectivity index (χ0v) is 20.2. The van der Waals surface area contributed by atoms with Crippen LogP contribution in [0.3, 0.4) is 0 Å². The Morgan fingerprint density at radius 2 is 1.33 bits per heavy atom. The minimum Gasteiger partial charge on any atom is -0.464 e. The Hall–Kier alpha value is -4.14. The maximum Gasteiger partial charge on any atom is 0.414 e. The van der Waals surface area contributed by atoms with Gasteiger partial charge in [-0.1, -0.05) is 48.5 Å². The van der Waals surface area contributed by atoms with Crippen LogP contribution in [0.1, 0.15) is 37.8 Å². The van der Waals surface area contributed by atoms with E-state index in [1.807, 2.05) is 48.5 Å². The van der Waals surface area contributed by atoms with Crippen LogP contribution in [0.4, 0.5) is 4.79 Å². The maximum atomic E-state index is 13.3. The second kappa shape index (κ2) is 10.6. The van der Waals surface area contributed by atoms with Gasteiger partial charge in [0.15, 0.2) is 12.2 Å². The van der Waals surface area contributed by atoms with E-state index in [2.05, 4.69) is 0 Å². The standard InChI is InChI=1S/C27H27NO8/c1-16(29)33-15-24-26(36-18(3)31)25(35-17(2)30)12-13-28(24)27(32)34-14-23-21-10-6-4-8-19(21)20-9-5-7-11-22(20)23/h4-13,23-26H,14-15H2,1-3H3/t24-,25+,26+/m0/s1. The van der Waals surface area contributed by atoms with Crippen LogP contribution in [-0.4, -0.2) is 60.4 Å². The van der Waals surface area contributed by atoms with Crippen molar-refractivity contribution in [1.82, 2.24) is 4.90 Å². The Morgan fingerprint density at radius 1 is 0.750 bits per heavy atom. The van der Waals surface area contributed by atoms with Gasteiger partial charge in [-0.3, -0.25) is 19.3 Å². The molecular formula is C27H27NO8. The lowest BCUT2D eigenvalue weighted by Crippen LogP contribution is -2.56. The summed E-state index contributed by atoms with van der Waals surface area (Å²) in [4.78, 5) is 49.4. The molecule has 1 amide bonds. The molecule has 0 N–H and O–H groups in total. The second-order valence-corrected chi connectivity index (χ2v) is 8.57. The molecule has 2 aromatic rings. The van der Waals surface area contributed by atoms with Crippen LogP contribution in [0.25, 0.3) is 11.1 Å². The van der Waals surface area contributed by atoms with Crippen LogP contribution >= 0.6 is 0 Å². The number of benzene rings is 2. The quantitative estimate of drug-likeness (QED) is 0.444. The average molecular weight is 494 g/mol. The van der Waals surface area contributed by atoms with Gasteiger partial charge in [0.25, 0.3) is 0 Å². The molecule has 2 aliphatic rings. The molecule has 0 bridgehead atoms. The lowest BCUT2D eigenvalue weighted by molar-refractivity contribution is -0.170. The molecule has 0 saturated carbocycles. The third-order valence-corrected chi connectivity index (χ3v) is 6.11. The van der Waals surface area contributed by atoms with Crippen molar-refractivity contribution in [2.45, 2.75) is 44.9 Å². The number of hydrogen-bond acceptors (Lipinski definition) is 8. The van der Waals surface area contributed by atoms with Crippen molar-refractivity contribution in [1.29, 1.82) is 0 Å². The summed E-state index contributed by atoms with van der Waals surface area (Å²) in [6, 6.07) is 15.0. The highest BCUT2D eigenvalue weighted by Gasteiger charge is 2.43. The minimum absolute atomic E-state index is 0.0725. The van der Waals surface area contributed by atoms with E-state index in [4.69, 9.17) is 18.9 Å². The number of carbonyl (C=O) groups is 4. The van der Waals surface area contributed by atoms with Gasteiger partial charge in [0.2, 0.25) is 0 Å². The summed E-state index contributed by atoms with van der Waals surface area (Å²) in [5, 5.41) is 0. The molecule has 36 heavy (non-hydrogen) atoms. The number of rotatable bonds is 6. The van der Waals surface area contributed by atoms with Crippen LogP contribution in [0.2, 0.25) is 0 Å². The molecule has 0 fully saturated rings. The molecule has 0 aromatic heterocycles. The van der Waals surface area contributed by atoms with E-state index >= 15 is 0 Å². The number of esters is 3. The first-order valence-corrected chi connectivity index (χ1v) is 11.6. The molecule has 9 heteroatoms. The summed E-state index contributed by atoms with van der Waals surface area (Å²) in [6.07, 6.45) is 0.0333. The number of hydrogen-bond donors (Lipinski definition) is 0. The summed E-state index contributed by atoms with van der Waals surface area (Å²) in [5.74, 6) is -1.97. The fourth-order valence-corrected chi connectivity index (χ4v) is 4.65. The SMILES string of the molecule is CC(=O)OC[C@H]1[C@@H](OC(C)=O)[C@H](OC(C)=O)C=CN1C(=O)OCC1c2ccccc2-c2ccccc21. The van der Waals surface area contributed by atoms with Crippen molar-refractivity contribution in [2.75, 3.05) is 13.2 Å². The predicted molar refractivity (Wildman–Crippen MR) is 128 cm³/mol. The molecule has 188 valence electrons. The molecule has 0 spiro atoms. The highest BCUT2D eigenvalue weighted by molar-refractivity contribution is 5.79. The number of amides is 1. The fraction of sp³-hybridized carbons (Fsp3) is 0.333. The predicted octanol–water partition coefficient (Wildman–Crippen LogP) is 3.56. The van der Waals surface area contributed by atoms with Crippen LogP contribution in [0, 0.1) is 0 Å². The first kappa shape index (κ1) is 25.0. The number of nitrogens with zero attached hydrogens (tertiary/aromatic N) is 1. The van der Waals surface area contributed by atoms with Gasteiger partial charge in [-0.05, 0) is 28.3 Å². The molecule has 2 aromatic carbocycles. The average Bonchev–Trinajstić information content (AvgIpc) is 3.15. The molecule has 0 radical (unpaired) electrons. The third kappa shape index (κ3) is 5.25. The minimum atomic E-state index is -1.10. The zero-order valence-electron chi connectivity index (χ0n) is 20.2. The van der Waals surface area contributed by atoms with Gasteiger partial charge in [-0.2, -0.15) is 0 Å². The normalized spacial score (nSPS) is 20.2. The summed E-state index contributed by atoms with van der Waals surface area (Å²) in [5.41, 5.74) is 4.31. The molecule has 4 rings (SSSR count). The number of ether oxygens (including phenoxy) is 4. The topological polar surface area (TPSA) is 108 Å². The summed E-state index contributed by atoms with van der Waals surface area (Å²) < 4.78 is 21.5. The summed E-state index contributed by atoms with van der Waals surface area (Å²) >= 11 is 0. The highest BCUT2D eigenvalue weighted by atomic mass is 16.6. The van der Waals surface area contributed by atoms with Crippen molar-refractivity contribution >= 4 is 24.0 Å². The Labute approximate surface area is 208 Å². The van der Waals surface area contributed by atoms with Crippen LogP contribution < -0.4 is 0 Å². The Balaban J connectivity index is 1.57. The molecule has 9 nitrogen and oxygen atoms in total. The molecule has 0 unspecified atom stereocenters. The van der Waals surface area contributed by atoms with Gasteiger partial charge < -0.3 is 18.9 Å². The lowest BCUT2D eigenvalue weighted by atomic mass is 9.98. The number of fused-ring (bicyclic) bond motifs is 3. The van der Waals surface area contributed by atoms with E-state index in [0.29, 0.717) is 0 Å². The van der Waals surface area contributed by atoms with Gasteiger partial charge in [-0.25, -0.2) is 4.79 Å². The second-order valence-electron chi connectivity index (χ2n) is 8.57. The molecule has 1 aliphatic heterocycles. The van der Waals surface area contributed by atoms with Crippen molar-refractivity contribution in [3.8, 4) is 11.1 Å². The number of carbonyl (C=O) groups excluding carboxylic acids is 4. The molecule has 3 atom stereocenters. The maximum absolute atomic E-state index is 13.3. The molecule has 1 aliphatic carbocycles. The van der Waals surface area contributed by atoms with Crippen molar-refractivity contribution < 1.29 is 38.1 Å². The smallest absolute Gasteiger partial charge is 0.414 e. The van der Waals surface area contributed by atoms with Gasteiger partial charge >= 0.3 is 24.0 Å². The largest absolute Gasteiger partial charge is 0.464 e. The Bertz CT molecular complexity index is 1160. The van der Waals surface area contributed by atoms with E-state index < -0.39 is 42.3 Å². The molecule has 0 saturated heterocycles. The third-order valence-electron chi connectivity index (χ3n) is 6.11. The summed E-state index contributed by atoms with van der Waals surface area (Å²) in [6.45, 7) is 3.42.